The van der Waals surface area contributed by atoms with Crippen molar-refractivity contribution in [2.24, 2.45) is 0 Å². The minimum atomic E-state index is -0.822. The first kappa shape index (κ1) is 22.3. The van der Waals surface area contributed by atoms with E-state index in [4.69, 9.17) is 5.11 Å². The number of imidazole rings is 1. The van der Waals surface area contributed by atoms with Gasteiger partial charge in [-0.05, 0) is 19.5 Å². The van der Waals surface area contributed by atoms with Crippen LogP contribution in [0.4, 0.5) is 0 Å². The quantitative estimate of drug-likeness (QED) is 0.477. The number of nitrogens with zero attached hydrogens (tertiary/aromatic N) is 2. The molecule has 0 atom stereocenters. The SMILES string of the molecule is CCCCNC(=O)c1nc2ccccc2c2nc[nH]c12.CNCC(=O)O.Cl. The maximum Gasteiger partial charge on any atom is 0.317 e. The van der Waals surface area contributed by atoms with Crippen LogP contribution < -0.4 is 10.6 Å². The van der Waals surface area contributed by atoms with E-state index in [-0.39, 0.29) is 24.9 Å². The van der Waals surface area contributed by atoms with E-state index in [2.05, 4.69) is 32.5 Å². The number of carboxylic acids is 1. The van der Waals surface area contributed by atoms with Crippen LogP contribution in [0, 0.1) is 0 Å². The van der Waals surface area contributed by atoms with E-state index < -0.39 is 5.97 Å². The smallest absolute Gasteiger partial charge is 0.317 e. The van der Waals surface area contributed by atoms with E-state index in [1.807, 2.05) is 24.3 Å². The number of pyridine rings is 1. The molecule has 0 fully saturated rings. The molecule has 0 unspecified atom stereocenters. The highest BCUT2D eigenvalue weighted by atomic mass is 35.5. The number of carbonyl (C=O) groups excluding carboxylic acids is 1. The third-order valence-corrected chi connectivity index (χ3v) is 3.63. The number of halogens is 1. The molecule has 0 aliphatic rings. The number of likely N-dealkylation sites (N-methyl/N-ethyl adjacent to an activating group) is 1. The lowest BCUT2D eigenvalue weighted by Gasteiger charge is -2.06. The number of para-hydroxylation sites is 1. The third kappa shape index (κ3) is 5.90. The Bertz CT molecular complexity index is 897. The topological polar surface area (TPSA) is 120 Å². The third-order valence-electron chi connectivity index (χ3n) is 3.63. The fourth-order valence-corrected chi connectivity index (χ4v) is 2.40. The first-order valence-electron chi connectivity index (χ1n) is 8.44. The molecule has 9 heteroatoms. The minimum absolute atomic E-state index is 0. The summed E-state index contributed by atoms with van der Waals surface area (Å²) in [6.07, 6.45) is 3.61. The number of H-pyrrole nitrogens is 1. The summed E-state index contributed by atoms with van der Waals surface area (Å²) in [5.41, 5.74) is 2.67. The maximum atomic E-state index is 12.3. The van der Waals surface area contributed by atoms with Crippen LogP contribution in [0.1, 0.15) is 30.3 Å². The number of carbonyl (C=O) groups is 2. The number of rotatable bonds is 6. The summed E-state index contributed by atoms with van der Waals surface area (Å²) in [7, 11) is 1.59. The predicted octanol–water partition coefficient (Wildman–Crippen LogP) is 2.35. The Labute approximate surface area is 163 Å². The second-order valence-corrected chi connectivity index (χ2v) is 5.64. The first-order chi connectivity index (χ1) is 12.6. The Kier molecular flexibility index (Phi) is 9.18. The van der Waals surface area contributed by atoms with Gasteiger partial charge in [0.1, 0.15) is 5.52 Å². The van der Waals surface area contributed by atoms with Gasteiger partial charge in [-0.2, -0.15) is 0 Å². The Hall–Kier alpha value is -2.71. The lowest BCUT2D eigenvalue weighted by molar-refractivity contribution is -0.135. The van der Waals surface area contributed by atoms with Crippen molar-refractivity contribution in [2.45, 2.75) is 19.8 Å². The number of benzene rings is 1. The Morgan fingerprint density at radius 1 is 1.26 bits per heavy atom. The minimum Gasteiger partial charge on any atom is -0.480 e. The average Bonchev–Trinajstić information content (AvgIpc) is 3.11. The number of amides is 1. The molecule has 146 valence electrons. The number of fused-ring (bicyclic) bond motifs is 3. The van der Waals surface area contributed by atoms with Gasteiger partial charge in [-0.25, -0.2) is 9.97 Å². The van der Waals surface area contributed by atoms with Crippen LogP contribution in [0.25, 0.3) is 21.9 Å². The molecule has 3 rings (SSSR count). The van der Waals surface area contributed by atoms with Gasteiger partial charge in [-0.3, -0.25) is 9.59 Å². The molecule has 4 N–H and O–H groups in total. The summed E-state index contributed by atoms with van der Waals surface area (Å²) in [4.78, 5) is 33.6. The van der Waals surface area contributed by atoms with Gasteiger partial charge in [-0.15, -0.1) is 12.4 Å². The summed E-state index contributed by atoms with van der Waals surface area (Å²) in [6.45, 7) is 2.80. The Morgan fingerprint density at radius 3 is 2.63 bits per heavy atom. The molecule has 27 heavy (non-hydrogen) atoms. The number of aromatic amines is 1. The monoisotopic (exact) mass is 393 g/mol. The second kappa shape index (κ2) is 11.1. The van der Waals surface area contributed by atoms with Crippen molar-refractivity contribution in [2.75, 3.05) is 20.1 Å². The number of carboxylic acid groups (broad SMARTS) is 1. The molecule has 1 amide bonds. The average molecular weight is 394 g/mol. The van der Waals surface area contributed by atoms with Crippen molar-refractivity contribution in [1.29, 1.82) is 0 Å². The molecule has 2 aromatic heterocycles. The van der Waals surface area contributed by atoms with E-state index in [1.54, 1.807) is 13.4 Å². The molecule has 0 saturated heterocycles. The van der Waals surface area contributed by atoms with E-state index in [1.165, 1.54) is 0 Å². The zero-order valence-electron chi connectivity index (χ0n) is 15.3. The van der Waals surface area contributed by atoms with Crippen LogP contribution in [0.2, 0.25) is 0 Å². The predicted molar refractivity (Wildman–Crippen MR) is 107 cm³/mol. The molecule has 2 heterocycles. The van der Waals surface area contributed by atoms with Crippen molar-refractivity contribution in [3.8, 4) is 0 Å². The van der Waals surface area contributed by atoms with Gasteiger partial charge in [0.25, 0.3) is 5.91 Å². The molecule has 0 spiro atoms. The number of nitrogens with one attached hydrogen (secondary N) is 3. The highest BCUT2D eigenvalue weighted by Gasteiger charge is 2.16. The zero-order valence-corrected chi connectivity index (χ0v) is 16.1. The lowest BCUT2D eigenvalue weighted by atomic mass is 10.1. The van der Waals surface area contributed by atoms with Gasteiger partial charge in [-0.1, -0.05) is 31.5 Å². The number of unbranched alkanes of at least 4 members (excludes halogenated alkanes) is 1. The fourth-order valence-electron chi connectivity index (χ4n) is 2.40. The highest BCUT2D eigenvalue weighted by molar-refractivity contribution is 6.11. The van der Waals surface area contributed by atoms with Gasteiger partial charge in [0.15, 0.2) is 5.69 Å². The van der Waals surface area contributed by atoms with Crippen LogP contribution in [0.15, 0.2) is 30.6 Å². The van der Waals surface area contributed by atoms with Crippen molar-refractivity contribution < 1.29 is 14.7 Å². The van der Waals surface area contributed by atoms with E-state index in [9.17, 15) is 9.59 Å². The van der Waals surface area contributed by atoms with Crippen molar-refractivity contribution in [3.05, 3.63) is 36.3 Å². The van der Waals surface area contributed by atoms with Crippen LogP contribution >= 0.6 is 12.4 Å². The standard InChI is InChI=1S/C15H16N4O.C3H7NO2.ClH/c1-2-3-8-16-15(20)14-13-12(17-9-18-13)10-6-4-5-7-11(10)19-14;1-4-2-3(5)6;/h4-7,9H,2-3,8H2,1H3,(H,16,20)(H,17,18);4H,2H2,1H3,(H,5,6);1H. The van der Waals surface area contributed by atoms with Crippen LogP contribution in [-0.2, 0) is 4.79 Å². The normalized spacial score (nSPS) is 10.0. The highest BCUT2D eigenvalue weighted by Crippen LogP contribution is 2.23. The number of hydrogen-bond acceptors (Lipinski definition) is 5. The molecule has 8 nitrogen and oxygen atoms in total. The van der Waals surface area contributed by atoms with E-state index >= 15 is 0 Å². The zero-order chi connectivity index (χ0) is 18.9. The van der Waals surface area contributed by atoms with Gasteiger partial charge in [0, 0.05) is 11.9 Å². The van der Waals surface area contributed by atoms with Crippen LogP contribution in [0.3, 0.4) is 0 Å². The van der Waals surface area contributed by atoms with Crippen LogP contribution in [-0.4, -0.2) is 52.1 Å². The van der Waals surface area contributed by atoms with Crippen LogP contribution in [0.5, 0.6) is 0 Å². The summed E-state index contributed by atoms with van der Waals surface area (Å²) in [5, 5.41) is 14.2. The van der Waals surface area contributed by atoms with Gasteiger partial charge in [0.2, 0.25) is 0 Å². The molecule has 1 aromatic carbocycles. The van der Waals surface area contributed by atoms with Gasteiger partial charge in [0.05, 0.1) is 23.9 Å². The van der Waals surface area contributed by atoms with Crippen molar-refractivity contribution in [3.63, 3.8) is 0 Å². The molecule has 3 aromatic rings. The first-order valence-corrected chi connectivity index (χ1v) is 8.44. The molecule has 0 saturated carbocycles. The molecule has 0 bridgehead atoms. The Morgan fingerprint density at radius 2 is 2.00 bits per heavy atom. The van der Waals surface area contributed by atoms with E-state index in [0.29, 0.717) is 17.8 Å². The second-order valence-electron chi connectivity index (χ2n) is 5.64. The van der Waals surface area contributed by atoms with E-state index in [0.717, 1.165) is 29.3 Å². The molecule has 0 aliphatic heterocycles. The Balaban J connectivity index is 0.000000456. The summed E-state index contributed by atoms with van der Waals surface area (Å²) < 4.78 is 0. The summed E-state index contributed by atoms with van der Waals surface area (Å²) in [5.74, 6) is -0.976. The van der Waals surface area contributed by atoms with Crippen molar-refractivity contribution in [1.82, 2.24) is 25.6 Å². The summed E-state index contributed by atoms with van der Waals surface area (Å²) in [6, 6.07) is 7.71. The molecular formula is C18H24ClN5O3. The summed E-state index contributed by atoms with van der Waals surface area (Å²) >= 11 is 0. The van der Waals surface area contributed by atoms with Gasteiger partial charge >= 0.3 is 5.97 Å². The number of hydrogen-bond donors (Lipinski definition) is 4. The van der Waals surface area contributed by atoms with Crippen molar-refractivity contribution >= 4 is 46.2 Å². The van der Waals surface area contributed by atoms with Gasteiger partial charge < -0.3 is 20.7 Å². The fraction of sp³-hybridized carbons (Fsp3) is 0.333. The molecule has 0 aliphatic carbocycles. The number of aromatic nitrogens is 3. The maximum absolute atomic E-state index is 12.3. The molecular weight excluding hydrogens is 370 g/mol. The lowest BCUT2D eigenvalue weighted by Crippen LogP contribution is -2.25. The number of aliphatic carboxylic acids is 1. The molecule has 0 radical (unpaired) electrons. The largest absolute Gasteiger partial charge is 0.480 e.